The van der Waals surface area contributed by atoms with Gasteiger partial charge in [0.2, 0.25) is 0 Å². The molecule has 1 rings (SSSR count). The number of terminal acetylenes is 1. The van der Waals surface area contributed by atoms with E-state index >= 15 is 0 Å². The van der Waals surface area contributed by atoms with Gasteiger partial charge in [-0.1, -0.05) is 38.8 Å². The van der Waals surface area contributed by atoms with Crippen molar-refractivity contribution in [2.45, 2.75) is 33.1 Å². The number of benzene rings is 1. The minimum absolute atomic E-state index is 0.0430. The van der Waals surface area contributed by atoms with Crippen LogP contribution in [-0.2, 0) is 5.41 Å². The van der Waals surface area contributed by atoms with E-state index in [0.29, 0.717) is 0 Å². The maximum atomic E-state index is 5.76. The average Bonchev–Trinajstić information content (AvgIpc) is 2.26. The summed E-state index contributed by atoms with van der Waals surface area (Å²) in [6, 6.07) is 8.52. The van der Waals surface area contributed by atoms with Crippen molar-refractivity contribution in [3.8, 4) is 12.3 Å². The summed E-state index contributed by atoms with van der Waals surface area (Å²) in [7, 11) is 4.08. The first-order valence-electron chi connectivity index (χ1n) is 5.98. The second kappa shape index (κ2) is 4.45. The van der Waals surface area contributed by atoms with Crippen molar-refractivity contribution in [2.24, 2.45) is 5.41 Å². The summed E-state index contributed by atoms with van der Waals surface area (Å²) in [5, 5.41) is 0. The smallest absolute Gasteiger partial charge is 0.0580 e. The van der Waals surface area contributed by atoms with E-state index in [1.165, 1.54) is 11.3 Å². The zero-order chi connectivity index (χ0) is 13.3. The highest BCUT2D eigenvalue weighted by Gasteiger charge is 2.37. The van der Waals surface area contributed by atoms with Gasteiger partial charge in [0, 0.05) is 19.8 Å². The highest BCUT2D eigenvalue weighted by molar-refractivity contribution is 5.49. The molecule has 1 aromatic rings. The van der Waals surface area contributed by atoms with Crippen LogP contribution in [-0.4, -0.2) is 14.1 Å². The predicted octanol–water partition coefficient (Wildman–Crippen LogP) is 3.69. The second-order valence-corrected chi connectivity index (χ2v) is 5.96. The molecule has 17 heavy (non-hydrogen) atoms. The lowest BCUT2D eigenvalue weighted by molar-refractivity contribution is 0.270. The molecule has 0 aliphatic carbocycles. The Labute approximate surface area is 106 Å². The molecular formula is C16H23N. The van der Waals surface area contributed by atoms with Gasteiger partial charge in [0.25, 0.3) is 0 Å². The van der Waals surface area contributed by atoms with Crippen LogP contribution in [0.25, 0.3) is 0 Å². The van der Waals surface area contributed by atoms with Crippen molar-refractivity contribution in [1.29, 1.82) is 0 Å². The van der Waals surface area contributed by atoms with E-state index in [1.54, 1.807) is 0 Å². The SMILES string of the molecule is C#CC(C)(c1ccc(N(C)C)cc1)C(C)(C)C. The van der Waals surface area contributed by atoms with Gasteiger partial charge in [-0.25, -0.2) is 0 Å². The summed E-state index contributed by atoms with van der Waals surface area (Å²) >= 11 is 0. The first-order valence-corrected chi connectivity index (χ1v) is 5.98. The third-order valence-electron chi connectivity index (χ3n) is 3.75. The average molecular weight is 229 g/mol. The molecule has 0 aliphatic rings. The summed E-state index contributed by atoms with van der Waals surface area (Å²) in [5.74, 6) is 2.97. The van der Waals surface area contributed by atoms with Crippen LogP contribution in [0.15, 0.2) is 24.3 Å². The molecule has 0 aromatic heterocycles. The highest BCUT2D eigenvalue weighted by atomic mass is 15.1. The van der Waals surface area contributed by atoms with Gasteiger partial charge in [0.1, 0.15) is 0 Å². The van der Waals surface area contributed by atoms with Crippen molar-refractivity contribution in [2.75, 3.05) is 19.0 Å². The predicted molar refractivity (Wildman–Crippen MR) is 76.4 cm³/mol. The van der Waals surface area contributed by atoms with Gasteiger partial charge >= 0.3 is 0 Å². The second-order valence-electron chi connectivity index (χ2n) is 5.96. The van der Waals surface area contributed by atoms with Crippen molar-refractivity contribution < 1.29 is 0 Å². The number of hydrogen-bond donors (Lipinski definition) is 0. The summed E-state index contributed by atoms with van der Waals surface area (Å²) in [5.41, 5.74) is 2.21. The molecule has 92 valence electrons. The van der Waals surface area contributed by atoms with Crippen LogP contribution in [0.4, 0.5) is 5.69 Å². The summed E-state index contributed by atoms with van der Waals surface area (Å²) in [4.78, 5) is 2.09. The number of nitrogens with zero attached hydrogens (tertiary/aromatic N) is 1. The maximum Gasteiger partial charge on any atom is 0.0580 e. The fraction of sp³-hybridized carbons (Fsp3) is 0.500. The van der Waals surface area contributed by atoms with Gasteiger partial charge < -0.3 is 4.90 Å². The first-order chi connectivity index (χ1) is 7.72. The zero-order valence-electron chi connectivity index (χ0n) is 11.8. The lowest BCUT2D eigenvalue weighted by Crippen LogP contribution is -2.35. The first kappa shape index (κ1) is 13.6. The van der Waals surface area contributed by atoms with Crippen LogP contribution < -0.4 is 4.90 Å². The molecule has 0 N–H and O–H groups in total. The van der Waals surface area contributed by atoms with E-state index in [4.69, 9.17) is 6.42 Å². The quantitative estimate of drug-likeness (QED) is 0.699. The van der Waals surface area contributed by atoms with Crippen LogP contribution in [0.2, 0.25) is 0 Å². The number of rotatable bonds is 2. The molecule has 0 spiro atoms. The molecule has 0 fully saturated rings. The normalized spacial score (nSPS) is 14.9. The fourth-order valence-electron chi connectivity index (χ4n) is 1.83. The highest BCUT2D eigenvalue weighted by Crippen LogP contribution is 2.41. The Hall–Kier alpha value is -1.42. The third kappa shape index (κ3) is 2.47. The standard InChI is InChI=1S/C16H23N/c1-8-16(5,15(2,3)4)13-9-11-14(12-10-13)17(6)7/h1,9-12H,2-7H3. The molecule has 0 amide bonds. The van der Waals surface area contributed by atoms with Gasteiger partial charge in [-0.15, -0.1) is 6.42 Å². The Morgan fingerprint density at radius 3 is 1.76 bits per heavy atom. The minimum atomic E-state index is -0.238. The minimum Gasteiger partial charge on any atom is -0.378 e. The van der Waals surface area contributed by atoms with Gasteiger partial charge in [0.15, 0.2) is 0 Å². The van der Waals surface area contributed by atoms with Gasteiger partial charge in [-0.05, 0) is 30.0 Å². The van der Waals surface area contributed by atoms with Crippen LogP contribution in [0, 0.1) is 17.8 Å². The van der Waals surface area contributed by atoms with Crippen LogP contribution in [0.5, 0.6) is 0 Å². The Kier molecular flexibility index (Phi) is 3.57. The Balaban J connectivity index is 3.20. The Morgan fingerprint density at radius 2 is 1.47 bits per heavy atom. The van der Waals surface area contributed by atoms with E-state index in [9.17, 15) is 0 Å². The van der Waals surface area contributed by atoms with E-state index in [0.717, 1.165) is 0 Å². The van der Waals surface area contributed by atoms with E-state index < -0.39 is 0 Å². The van der Waals surface area contributed by atoms with E-state index in [2.05, 4.69) is 62.8 Å². The van der Waals surface area contributed by atoms with Gasteiger partial charge in [0.05, 0.1) is 5.41 Å². The summed E-state index contributed by atoms with van der Waals surface area (Å²) < 4.78 is 0. The van der Waals surface area contributed by atoms with Crippen molar-refractivity contribution in [1.82, 2.24) is 0 Å². The van der Waals surface area contributed by atoms with E-state index in [-0.39, 0.29) is 10.8 Å². The lowest BCUT2D eigenvalue weighted by Gasteiger charge is -2.38. The van der Waals surface area contributed by atoms with Crippen LogP contribution in [0.3, 0.4) is 0 Å². The van der Waals surface area contributed by atoms with Crippen LogP contribution in [0.1, 0.15) is 33.3 Å². The van der Waals surface area contributed by atoms with Crippen LogP contribution >= 0.6 is 0 Å². The molecule has 0 saturated heterocycles. The number of anilines is 1. The maximum absolute atomic E-state index is 5.76. The molecule has 0 bridgehead atoms. The molecule has 0 heterocycles. The summed E-state index contributed by atoms with van der Waals surface area (Å²) in [6.07, 6.45) is 5.76. The molecule has 0 radical (unpaired) electrons. The van der Waals surface area contributed by atoms with Crippen molar-refractivity contribution in [3.63, 3.8) is 0 Å². The molecular weight excluding hydrogens is 206 g/mol. The Morgan fingerprint density at radius 1 is 1.00 bits per heavy atom. The van der Waals surface area contributed by atoms with Crippen molar-refractivity contribution in [3.05, 3.63) is 29.8 Å². The van der Waals surface area contributed by atoms with E-state index in [1.807, 2.05) is 14.1 Å². The topological polar surface area (TPSA) is 3.24 Å². The molecule has 1 atom stereocenters. The van der Waals surface area contributed by atoms with Crippen molar-refractivity contribution >= 4 is 5.69 Å². The Bertz CT molecular complexity index is 414. The molecule has 1 aromatic carbocycles. The zero-order valence-corrected chi connectivity index (χ0v) is 11.8. The monoisotopic (exact) mass is 229 g/mol. The molecule has 1 heteroatoms. The molecule has 0 saturated carbocycles. The lowest BCUT2D eigenvalue weighted by atomic mass is 9.64. The third-order valence-corrected chi connectivity index (χ3v) is 3.75. The number of hydrogen-bond acceptors (Lipinski definition) is 1. The van der Waals surface area contributed by atoms with Gasteiger partial charge in [-0.2, -0.15) is 0 Å². The summed E-state index contributed by atoms with van der Waals surface area (Å²) in [6.45, 7) is 8.70. The molecule has 1 unspecified atom stereocenters. The largest absolute Gasteiger partial charge is 0.378 e. The molecule has 1 nitrogen and oxygen atoms in total. The molecule has 0 aliphatic heterocycles. The van der Waals surface area contributed by atoms with Gasteiger partial charge in [-0.3, -0.25) is 0 Å². The fourth-order valence-corrected chi connectivity index (χ4v) is 1.83.